The van der Waals surface area contributed by atoms with Gasteiger partial charge in [-0.25, -0.2) is 0 Å². The Morgan fingerprint density at radius 2 is 1.75 bits per heavy atom. The highest BCUT2D eigenvalue weighted by molar-refractivity contribution is 7.09. The van der Waals surface area contributed by atoms with E-state index in [0.717, 1.165) is 18.7 Å². The summed E-state index contributed by atoms with van der Waals surface area (Å²) in [6.07, 6.45) is 6.72. The van der Waals surface area contributed by atoms with Gasteiger partial charge >= 0.3 is 0 Å². The summed E-state index contributed by atoms with van der Waals surface area (Å²) in [5, 5.41) is 6.10. The minimum atomic E-state index is 0.536. The summed E-state index contributed by atoms with van der Waals surface area (Å²) in [6.45, 7) is 7.29. The Kier molecular flexibility index (Phi) is 8.39. The fourth-order valence-corrected chi connectivity index (χ4v) is 3.04. The van der Waals surface area contributed by atoms with E-state index in [4.69, 9.17) is 4.84 Å². The van der Waals surface area contributed by atoms with E-state index < -0.39 is 0 Å². The van der Waals surface area contributed by atoms with Crippen LogP contribution in [0.1, 0.15) is 50.0 Å². The fourth-order valence-electron chi connectivity index (χ4n) is 2.43. The van der Waals surface area contributed by atoms with Crippen LogP contribution in [-0.2, 0) is 11.4 Å². The number of anilines is 1. The van der Waals surface area contributed by atoms with Crippen LogP contribution >= 0.6 is 11.3 Å². The highest BCUT2D eigenvalue weighted by Crippen LogP contribution is 2.17. The van der Waals surface area contributed by atoms with E-state index in [1.54, 1.807) is 17.6 Å². The lowest BCUT2D eigenvalue weighted by molar-refractivity contribution is 0.134. The number of oxime groups is 1. The molecule has 4 heteroatoms. The number of hydrogen-bond acceptors (Lipinski definition) is 4. The molecule has 0 aliphatic carbocycles. The zero-order valence-corrected chi connectivity index (χ0v) is 15.6. The van der Waals surface area contributed by atoms with Crippen LogP contribution in [0.4, 0.5) is 5.69 Å². The predicted molar refractivity (Wildman–Crippen MR) is 105 cm³/mol. The third-order valence-corrected chi connectivity index (χ3v) is 4.73. The van der Waals surface area contributed by atoms with Crippen LogP contribution in [0.25, 0.3) is 0 Å². The van der Waals surface area contributed by atoms with Gasteiger partial charge in [-0.15, -0.1) is 11.3 Å². The molecule has 2 rings (SSSR count). The van der Waals surface area contributed by atoms with E-state index in [2.05, 4.69) is 54.2 Å². The molecule has 0 N–H and O–H groups in total. The molecular formula is C20H28N2OS. The molecule has 1 aromatic carbocycles. The molecule has 0 radical (unpaired) electrons. The van der Waals surface area contributed by atoms with Gasteiger partial charge in [0.15, 0.2) is 6.61 Å². The summed E-state index contributed by atoms with van der Waals surface area (Å²) in [5.74, 6) is 0. The Hall–Kier alpha value is -1.81. The minimum Gasteiger partial charge on any atom is -0.390 e. The zero-order chi connectivity index (χ0) is 17.0. The molecule has 0 fully saturated rings. The van der Waals surface area contributed by atoms with Crippen molar-refractivity contribution in [2.24, 2.45) is 5.16 Å². The number of hydrogen-bond donors (Lipinski definition) is 0. The molecule has 0 spiro atoms. The van der Waals surface area contributed by atoms with Gasteiger partial charge in [-0.3, -0.25) is 0 Å². The minimum absolute atomic E-state index is 0.536. The molecule has 0 bridgehead atoms. The smallest absolute Gasteiger partial charge is 0.151 e. The van der Waals surface area contributed by atoms with Crippen molar-refractivity contribution in [3.8, 4) is 0 Å². The molecule has 0 aliphatic heterocycles. The van der Waals surface area contributed by atoms with Crippen molar-refractivity contribution in [1.29, 1.82) is 0 Å². The SMILES string of the molecule is CCCCN(CCCC)c1ccc(C=NOCc2cccs2)cc1. The second-order valence-corrected chi connectivity index (χ2v) is 6.91. The first-order valence-corrected chi connectivity index (χ1v) is 9.74. The van der Waals surface area contributed by atoms with Crippen molar-refractivity contribution in [3.05, 3.63) is 52.2 Å². The highest BCUT2D eigenvalue weighted by atomic mass is 32.1. The molecule has 24 heavy (non-hydrogen) atoms. The topological polar surface area (TPSA) is 24.8 Å². The van der Waals surface area contributed by atoms with E-state index in [9.17, 15) is 0 Å². The van der Waals surface area contributed by atoms with E-state index in [-0.39, 0.29) is 0 Å². The van der Waals surface area contributed by atoms with Gasteiger partial charge in [0.05, 0.1) is 6.21 Å². The van der Waals surface area contributed by atoms with Crippen molar-refractivity contribution >= 4 is 23.2 Å². The van der Waals surface area contributed by atoms with E-state index >= 15 is 0 Å². The molecule has 0 unspecified atom stereocenters. The van der Waals surface area contributed by atoms with Gasteiger partial charge in [-0.1, -0.05) is 50.0 Å². The van der Waals surface area contributed by atoms with Crippen LogP contribution in [0.2, 0.25) is 0 Å². The van der Waals surface area contributed by atoms with Gasteiger partial charge in [0.2, 0.25) is 0 Å². The maximum Gasteiger partial charge on any atom is 0.151 e. The average molecular weight is 345 g/mol. The Morgan fingerprint density at radius 1 is 1.04 bits per heavy atom. The van der Waals surface area contributed by atoms with Gasteiger partial charge in [0.1, 0.15) is 0 Å². The van der Waals surface area contributed by atoms with Crippen molar-refractivity contribution in [3.63, 3.8) is 0 Å². The number of nitrogens with zero attached hydrogens (tertiary/aromatic N) is 2. The summed E-state index contributed by atoms with van der Waals surface area (Å²) in [6, 6.07) is 12.7. The Morgan fingerprint density at radius 3 is 2.33 bits per heavy atom. The summed E-state index contributed by atoms with van der Waals surface area (Å²) in [7, 11) is 0. The van der Waals surface area contributed by atoms with Gasteiger partial charge in [0.25, 0.3) is 0 Å². The molecule has 3 nitrogen and oxygen atoms in total. The van der Waals surface area contributed by atoms with Gasteiger partial charge in [-0.2, -0.15) is 0 Å². The predicted octanol–water partition coefficient (Wildman–Crippen LogP) is 5.71. The van der Waals surface area contributed by atoms with E-state index in [0.29, 0.717) is 6.61 Å². The lowest BCUT2D eigenvalue weighted by Crippen LogP contribution is -2.25. The van der Waals surface area contributed by atoms with Crippen LogP contribution in [0, 0.1) is 0 Å². The van der Waals surface area contributed by atoms with Crippen molar-refractivity contribution < 1.29 is 4.84 Å². The van der Waals surface area contributed by atoms with Gasteiger partial charge < -0.3 is 9.74 Å². The third-order valence-electron chi connectivity index (χ3n) is 3.88. The number of rotatable bonds is 11. The van der Waals surface area contributed by atoms with Crippen LogP contribution in [0.3, 0.4) is 0 Å². The largest absolute Gasteiger partial charge is 0.390 e. The second-order valence-electron chi connectivity index (χ2n) is 5.87. The summed E-state index contributed by atoms with van der Waals surface area (Å²) >= 11 is 1.68. The lowest BCUT2D eigenvalue weighted by Gasteiger charge is -2.24. The summed E-state index contributed by atoms with van der Waals surface area (Å²) < 4.78 is 0. The van der Waals surface area contributed by atoms with Gasteiger partial charge in [0, 0.05) is 23.7 Å². The zero-order valence-electron chi connectivity index (χ0n) is 14.8. The van der Waals surface area contributed by atoms with Crippen molar-refractivity contribution in [2.45, 2.75) is 46.1 Å². The first-order valence-electron chi connectivity index (χ1n) is 8.86. The Labute approximate surface area is 150 Å². The monoisotopic (exact) mass is 344 g/mol. The fraction of sp³-hybridized carbons (Fsp3) is 0.450. The second kappa shape index (κ2) is 10.9. The van der Waals surface area contributed by atoms with Crippen molar-refractivity contribution in [2.75, 3.05) is 18.0 Å². The summed E-state index contributed by atoms with van der Waals surface area (Å²) in [5.41, 5.74) is 2.37. The number of unbranched alkanes of at least 4 members (excludes halogenated alkanes) is 2. The maximum absolute atomic E-state index is 5.34. The maximum atomic E-state index is 5.34. The van der Waals surface area contributed by atoms with Crippen LogP contribution in [0.5, 0.6) is 0 Å². The third kappa shape index (κ3) is 6.36. The number of thiophene rings is 1. The van der Waals surface area contributed by atoms with E-state index in [1.807, 2.05) is 11.4 Å². The number of benzene rings is 1. The Bertz CT molecular complexity index is 570. The normalized spacial score (nSPS) is 11.1. The molecular weight excluding hydrogens is 316 g/mol. The molecule has 2 aromatic rings. The standard InChI is InChI=1S/C20H28N2OS/c1-3-5-13-22(14-6-4-2)19-11-9-18(10-12-19)16-21-23-17-20-8-7-15-24-20/h7-12,15-16H,3-6,13-14,17H2,1-2H3. The highest BCUT2D eigenvalue weighted by Gasteiger charge is 2.05. The van der Waals surface area contributed by atoms with Crippen LogP contribution < -0.4 is 4.90 Å². The Balaban J connectivity index is 1.87. The molecule has 0 saturated carbocycles. The first-order chi connectivity index (χ1) is 11.8. The molecule has 1 heterocycles. The van der Waals surface area contributed by atoms with Crippen LogP contribution in [-0.4, -0.2) is 19.3 Å². The molecule has 130 valence electrons. The summed E-state index contributed by atoms with van der Waals surface area (Å²) in [4.78, 5) is 9.01. The first kappa shape index (κ1) is 18.5. The van der Waals surface area contributed by atoms with Gasteiger partial charge in [-0.05, 0) is 42.0 Å². The molecule has 0 saturated heterocycles. The lowest BCUT2D eigenvalue weighted by atomic mass is 10.2. The molecule has 0 atom stereocenters. The molecule has 0 amide bonds. The molecule has 1 aromatic heterocycles. The van der Waals surface area contributed by atoms with E-state index in [1.165, 1.54) is 36.2 Å². The quantitative estimate of drug-likeness (QED) is 0.385. The van der Waals surface area contributed by atoms with Crippen molar-refractivity contribution in [1.82, 2.24) is 0 Å². The molecule has 0 aliphatic rings. The average Bonchev–Trinajstić information content (AvgIpc) is 3.13. The van der Waals surface area contributed by atoms with Crippen LogP contribution in [0.15, 0.2) is 46.9 Å².